The molecule has 2 amide bonds. The topological polar surface area (TPSA) is 93.9 Å². The number of furan rings is 1. The van der Waals surface area contributed by atoms with Crippen molar-refractivity contribution < 1.29 is 23.5 Å². The SMILES string of the molecule is COc1cc(NC(=O)c2csc(-c3ccc(C)o3)n2)c(C(=O)N2CCCC2)cc1OC. The van der Waals surface area contributed by atoms with Crippen molar-refractivity contribution in [3.8, 4) is 22.3 Å². The van der Waals surface area contributed by atoms with Crippen LogP contribution < -0.4 is 14.8 Å². The molecule has 0 aliphatic carbocycles. The first-order chi connectivity index (χ1) is 15.0. The number of methoxy groups -OCH3 is 2. The lowest BCUT2D eigenvalue weighted by Crippen LogP contribution is -2.29. The van der Waals surface area contributed by atoms with Crippen molar-refractivity contribution in [2.45, 2.75) is 19.8 Å². The Hall–Kier alpha value is -3.33. The number of amides is 2. The molecule has 162 valence electrons. The van der Waals surface area contributed by atoms with E-state index in [0.717, 1.165) is 18.6 Å². The van der Waals surface area contributed by atoms with Crippen LogP contribution in [0.4, 0.5) is 5.69 Å². The Labute approximate surface area is 183 Å². The number of aromatic nitrogens is 1. The summed E-state index contributed by atoms with van der Waals surface area (Å²) >= 11 is 1.31. The van der Waals surface area contributed by atoms with E-state index in [-0.39, 0.29) is 11.6 Å². The quantitative estimate of drug-likeness (QED) is 0.616. The number of likely N-dealkylation sites (tertiary alicyclic amines) is 1. The number of nitrogens with one attached hydrogen (secondary N) is 1. The van der Waals surface area contributed by atoms with Crippen LogP contribution in [-0.2, 0) is 0 Å². The Bertz CT molecular complexity index is 1110. The van der Waals surface area contributed by atoms with E-state index in [1.54, 1.807) is 22.4 Å². The van der Waals surface area contributed by atoms with Gasteiger partial charge in [-0.3, -0.25) is 9.59 Å². The number of rotatable bonds is 6. The van der Waals surface area contributed by atoms with Crippen molar-refractivity contribution in [3.63, 3.8) is 0 Å². The minimum absolute atomic E-state index is 0.154. The maximum absolute atomic E-state index is 13.1. The first-order valence-electron chi connectivity index (χ1n) is 9.89. The number of aryl methyl sites for hydroxylation is 1. The van der Waals surface area contributed by atoms with Crippen LogP contribution in [0.15, 0.2) is 34.1 Å². The zero-order valence-electron chi connectivity index (χ0n) is 17.6. The maximum Gasteiger partial charge on any atom is 0.275 e. The summed E-state index contributed by atoms with van der Waals surface area (Å²) in [6, 6.07) is 6.86. The van der Waals surface area contributed by atoms with Crippen LogP contribution in [0.5, 0.6) is 11.5 Å². The fourth-order valence-corrected chi connectivity index (χ4v) is 4.24. The van der Waals surface area contributed by atoms with Crippen molar-refractivity contribution >= 4 is 28.8 Å². The molecule has 3 heterocycles. The van der Waals surface area contributed by atoms with Crippen LogP contribution >= 0.6 is 11.3 Å². The average molecular weight is 442 g/mol. The molecule has 8 nitrogen and oxygen atoms in total. The van der Waals surface area contributed by atoms with Crippen LogP contribution in [0, 0.1) is 6.92 Å². The van der Waals surface area contributed by atoms with E-state index in [0.29, 0.717) is 46.6 Å². The Morgan fingerprint density at radius 1 is 1.13 bits per heavy atom. The molecule has 1 fully saturated rings. The molecule has 0 unspecified atom stereocenters. The van der Waals surface area contributed by atoms with Gasteiger partial charge in [0.1, 0.15) is 11.5 Å². The number of nitrogens with zero attached hydrogens (tertiary/aromatic N) is 2. The van der Waals surface area contributed by atoms with Crippen LogP contribution in [0.2, 0.25) is 0 Å². The summed E-state index contributed by atoms with van der Waals surface area (Å²) in [6.45, 7) is 3.23. The minimum Gasteiger partial charge on any atom is -0.493 e. The van der Waals surface area contributed by atoms with E-state index in [1.165, 1.54) is 25.6 Å². The molecule has 1 aromatic carbocycles. The zero-order chi connectivity index (χ0) is 22.0. The van der Waals surface area contributed by atoms with Gasteiger partial charge in [0.15, 0.2) is 22.3 Å². The summed E-state index contributed by atoms with van der Waals surface area (Å²) in [5.41, 5.74) is 0.941. The van der Waals surface area contributed by atoms with E-state index < -0.39 is 5.91 Å². The lowest BCUT2D eigenvalue weighted by molar-refractivity contribution is 0.0793. The molecule has 4 rings (SSSR count). The molecular formula is C22H23N3O5S. The van der Waals surface area contributed by atoms with E-state index in [9.17, 15) is 9.59 Å². The van der Waals surface area contributed by atoms with Crippen LogP contribution in [0.25, 0.3) is 10.8 Å². The normalized spacial score (nSPS) is 13.3. The first kappa shape index (κ1) is 20.9. The third kappa shape index (κ3) is 4.27. The van der Waals surface area contributed by atoms with Crippen molar-refractivity contribution in [2.24, 2.45) is 0 Å². The molecule has 1 saturated heterocycles. The second kappa shape index (κ2) is 8.81. The predicted octanol–water partition coefficient (Wildman–Crippen LogP) is 4.22. The molecule has 0 bridgehead atoms. The predicted molar refractivity (Wildman–Crippen MR) is 117 cm³/mol. The molecule has 0 atom stereocenters. The van der Waals surface area contributed by atoms with Crippen molar-refractivity contribution in [3.05, 3.63) is 46.7 Å². The smallest absolute Gasteiger partial charge is 0.275 e. The maximum atomic E-state index is 13.1. The molecule has 0 spiro atoms. The van der Waals surface area contributed by atoms with Crippen LogP contribution in [-0.4, -0.2) is 49.0 Å². The highest BCUT2D eigenvalue weighted by atomic mass is 32.1. The van der Waals surface area contributed by atoms with Gasteiger partial charge in [0.25, 0.3) is 11.8 Å². The molecule has 31 heavy (non-hydrogen) atoms. The highest BCUT2D eigenvalue weighted by Gasteiger charge is 2.25. The Kier molecular flexibility index (Phi) is 5.94. The summed E-state index contributed by atoms with van der Waals surface area (Å²) in [7, 11) is 3.01. The van der Waals surface area contributed by atoms with Crippen LogP contribution in [0.3, 0.4) is 0 Å². The van der Waals surface area contributed by atoms with E-state index in [2.05, 4.69) is 10.3 Å². The molecule has 0 saturated carbocycles. The highest BCUT2D eigenvalue weighted by Crippen LogP contribution is 2.35. The summed E-state index contributed by atoms with van der Waals surface area (Å²) in [5.74, 6) is 1.64. The van der Waals surface area contributed by atoms with Crippen molar-refractivity contribution in [1.82, 2.24) is 9.88 Å². The minimum atomic E-state index is -0.423. The zero-order valence-corrected chi connectivity index (χ0v) is 18.4. The van der Waals surface area contributed by atoms with Gasteiger partial charge in [-0.25, -0.2) is 4.98 Å². The Balaban J connectivity index is 1.64. The summed E-state index contributed by atoms with van der Waals surface area (Å²) in [5, 5.41) is 5.09. The fourth-order valence-electron chi connectivity index (χ4n) is 3.48. The average Bonchev–Trinajstić information content (AvgIpc) is 3.54. The van der Waals surface area contributed by atoms with Gasteiger partial charge in [-0.2, -0.15) is 0 Å². The fraction of sp³-hybridized carbons (Fsp3) is 0.318. The molecule has 1 aliphatic rings. The monoisotopic (exact) mass is 441 g/mol. The van der Waals surface area contributed by atoms with Gasteiger partial charge in [0.05, 0.1) is 25.5 Å². The second-order valence-corrected chi connectivity index (χ2v) is 8.01. The first-order valence-corrected chi connectivity index (χ1v) is 10.8. The number of thiazole rings is 1. The van der Waals surface area contributed by atoms with Gasteiger partial charge in [-0.1, -0.05) is 0 Å². The van der Waals surface area contributed by atoms with E-state index in [4.69, 9.17) is 13.9 Å². The molecule has 2 aromatic heterocycles. The van der Waals surface area contributed by atoms with Gasteiger partial charge < -0.3 is 24.1 Å². The Morgan fingerprint density at radius 2 is 1.84 bits per heavy atom. The second-order valence-electron chi connectivity index (χ2n) is 7.15. The molecule has 3 aromatic rings. The number of hydrogen-bond donors (Lipinski definition) is 1. The largest absolute Gasteiger partial charge is 0.493 e. The van der Waals surface area contributed by atoms with Crippen molar-refractivity contribution in [2.75, 3.05) is 32.6 Å². The molecule has 9 heteroatoms. The summed E-state index contributed by atoms with van der Waals surface area (Å²) in [4.78, 5) is 32.2. The van der Waals surface area contributed by atoms with Gasteiger partial charge in [0, 0.05) is 24.5 Å². The number of carbonyl (C=O) groups excluding carboxylic acids is 2. The van der Waals surface area contributed by atoms with Gasteiger partial charge in [-0.15, -0.1) is 11.3 Å². The molecule has 0 radical (unpaired) electrons. The number of ether oxygens (including phenoxy) is 2. The summed E-state index contributed by atoms with van der Waals surface area (Å²) in [6.07, 6.45) is 1.93. The van der Waals surface area contributed by atoms with Gasteiger partial charge in [-0.05, 0) is 38.0 Å². The van der Waals surface area contributed by atoms with Crippen LogP contribution in [0.1, 0.15) is 39.4 Å². The molecule has 1 aliphatic heterocycles. The van der Waals surface area contributed by atoms with Gasteiger partial charge in [0.2, 0.25) is 0 Å². The van der Waals surface area contributed by atoms with E-state index in [1.807, 2.05) is 19.1 Å². The molecular weight excluding hydrogens is 418 g/mol. The lowest BCUT2D eigenvalue weighted by atomic mass is 10.1. The number of hydrogen-bond acceptors (Lipinski definition) is 7. The number of benzene rings is 1. The number of anilines is 1. The highest BCUT2D eigenvalue weighted by molar-refractivity contribution is 7.13. The third-order valence-corrected chi connectivity index (χ3v) is 5.94. The van der Waals surface area contributed by atoms with Crippen molar-refractivity contribution in [1.29, 1.82) is 0 Å². The van der Waals surface area contributed by atoms with Gasteiger partial charge >= 0.3 is 0 Å². The summed E-state index contributed by atoms with van der Waals surface area (Å²) < 4.78 is 16.3. The number of carbonyl (C=O) groups is 2. The van der Waals surface area contributed by atoms with E-state index >= 15 is 0 Å². The molecule has 1 N–H and O–H groups in total. The standard InChI is InChI=1S/C22H23N3O5S/c1-13-6-7-17(30-13)21-24-16(12-31-21)20(26)23-15-11-19(29-3)18(28-2)10-14(15)22(27)25-8-4-5-9-25/h6-7,10-12H,4-5,8-9H2,1-3H3,(H,23,26). The lowest BCUT2D eigenvalue weighted by Gasteiger charge is -2.20. The third-order valence-electron chi connectivity index (χ3n) is 5.08. The Morgan fingerprint density at radius 3 is 2.48 bits per heavy atom.